The molecule has 1 atom stereocenters. The van der Waals surface area contributed by atoms with Gasteiger partial charge in [0.2, 0.25) is 0 Å². The number of allylic oxidation sites excluding steroid dienone is 2. The lowest BCUT2D eigenvalue weighted by atomic mass is 9.86. The first-order valence-electron chi connectivity index (χ1n) is 8.39. The zero-order chi connectivity index (χ0) is 15.0. The first-order chi connectivity index (χ1) is 10.1. The Hall–Kier alpha value is -1.44. The number of aryl methyl sites for hydroxylation is 1. The number of hydrogen-bond acceptors (Lipinski definition) is 2. The third-order valence-corrected chi connectivity index (χ3v) is 4.41. The van der Waals surface area contributed by atoms with E-state index in [1.54, 1.807) is 0 Å². The number of para-hydroxylation sites is 1. The molecule has 0 radical (unpaired) electrons. The Morgan fingerprint density at radius 1 is 1.21 bits per heavy atom. The maximum atomic E-state index is 8.43. The van der Waals surface area contributed by atoms with Crippen molar-refractivity contribution in [2.45, 2.75) is 46.0 Å². The highest BCUT2D eigenvalue weighted by atomic mass is 15.3. The van der Waals surface area contributed by atoms with Gasteiger partial charge in [-0.15, -0.1) is 0 Å². The van der Waals surface area contributed by atoms with Crippen molar-refractivity contribution in [1.82, 2.24) is 5.31 Å². The zero-order valence-corrected chi connectivity index (χ0v) is 11.9. The molecule has 0 saturated heterocycles. The molecular weight excluding hydrogens is 232 g/mol. The Morgan fingerprint density at radius 3 is 2.68 bits per heavy atom. The highest BCUT2D eigenvalue weighted by Crippen LogP contribution is 2.35. The smallest absolute Gasteiger partial charge is 0.162 e. The predicted molar refractivity (Wildman–Crippen MR) is 80.9 cm³/mol. The van der Waals surface area contributed by atoms with Gasteiger partial charge in [0, 0.05) is 23.0 Å². The van der Waals surface area contributed by atoms with Gasteiger partial charge in [0.05, 0.1) is 8.02 Å². The number of rotatable bonds is 2. The third-order valence-electron chi connectivity index (χ3n) is 4.41. The van der Waals surface area contributed by atoms with Crippen LogP contribution < -0.4 is 10.2 Å². The van der Waals surface area contributed by atoms with Gasteiger partial charge >= 0.3 is 0 Å². The molecule has 0 amide bonds. The quantitative estimate of drug-likeness (QED) is 0.856. The first kappa shape index (κ1) is 10.4. The van der Waals surface area contributed by atoms with Crippen LogP contribution in [0.4, 0.5) is 5.69 Å². The monoisotopic (exact) mass is 258 g/mol. The maximum absolute atomic E-state index is 8.43. The van der Waals surface area contributed by atoms with Gasteiger partial charge in [-0.05, 0) is 38.3 Å². The van der Waals surface area contributed by atoms with E-state index < -0.39 is 6.64 Å². The SMILES string of the molecule is [2H]C1N([2H])C(C2CCCCC2)=C(C)N1c1ccccc1C. The van der Waals surface area contributed by atoms with E-state index in [-0.39, 0.29) is 0 Å². The molecule has 0 spiro atoms. The van der Waals surface area contributed by atoms with Gasteiger partial charge in [-0.25, -0.2) is 0 Å². The molecule has 102 valence electrons. The lowest BCUT2D eigenvalue weighted by molar-refractivity contribution is 0.390. The average Bonchev–Trinajstić information content (AvgIpc) is 2.71. The summed E-state index contributed by atoms with van der Waals surface area (Å²) in [6.45, 7) is 3.48. The minimum Gasteiger partial charge on any atom is -0.369 e. The topological polar surface area (TPSA) is 15.3 Å². The van der Waals surface area contributed by atoms with Crippen molar-refractivity contribution < 1.29 is 2.78 Å². The van der Waals surface area contributed by atoms with E-state index in [1.807, 2.05) is 17.0 Å². The molecule has 1 unspecified atom stereocenters. The van der Waals surface area contributed by atoms with Gasteiger partial charge < -0.3 is 10.2 Å². The summed E-state index contributed by atoms with van der Waals surface area (Å²) in [7, 11) is 0. The summed E-state index contributed by atoms with van der Waals surface area (Å²) in [4.78, 5) is 2.01. The molecule has 1 aromatic rings. The van der Waals surface area contributed by atoms with E-state index in [0.29, 0.717) is 5.92 Å². The lowest BCUT2D eigenvalue weighted by Gasteiger charge is -2.24. The molecule has 1 saturated carbocycles. The van der Waals surface area contributed by atoms with Crippen LogP contribution in [0.25, 0.3) is 0 Å². The molecule has 1 aliphatic carbocycles. The van der Waals surface area contributed by atoms with E-state index in [9.17, 15) is 0 Å². The third kappa shape index (κ3) is 2.36. The minimum absolute atomic E-state index is 0.457. The summed E-state index contributed by atoms with van der Waals surface area (Å²) in [6, 6.07) is 8.16. The van der Waals surface area contributed by atoms with Crippen LogP contribution in [-0.4, -0.2) is 6.64 Å². The van der Waals surface area contributed by atoms with Gasteiger partial charge in [0.15, 0.2) is 1.41 Å². The molecule has 2 heteroatoms. The molecule has 1 fully saturated rings. The van der Waals surface area contributed by atoms with Crippen LogP contribution in [0.15, 0.2) is 35.7 Å². The highest BCUT2D eigenvalue weighted by molar-refractivity contribution is 5.59. The van der Waals surface area contributed by atoms with E-state index in [1.165, 1.54) is 24.6 Å². The van der Waals surface area contributed by atoms with Crippen LogP contribution in [0.2, 0.25) is 1.41 Å². The van der Waals surface area contributed by atoms with Gasteiger partial charge in [0.25, 0.3) is 0 Å². The van der Waals surface area contributed by atoms with Crippen LogP contribution in [0, 0.1) is 12.8 Å². The van der Waals surface area contributed by atoms with Crippen molar-refractivity contribution in [2.24, 2.45) is 5.92 Å². The molecule has 3 rings (SSSR count). The Morgan fingerprint density at radius 2 is 1.95 bits per heavy atom. The number of hydrogen-bond donors (Lipinski definition) is 1. The molecule has 1 aliphatic heterocycles. The number of nitrogens with zero attached hydrogens (tertiary/aromatic N) is 1. The van der Waals surface area contributed by atoms with Gasteiger partial charge in [-0.1, -0.05) is 37.5 Å². The fourth-order valence-corrected chi connectivity index (χ4v) is 3.28. The molecule has 2 nitrogen and oxygen atoms in total. The van der Waals surface area contributed by atoms with E-state index in [0.717, 1.165) is 35.5 Å². The van der Waals surface area contributed by atoms with Crippen LogP contribution in [0.5, 0.6) is 0 Å². The van der Waals surface area contributed by atoms with Gasteiger partial charge in [-0.3, -0.25) is 0 Å². The largest absolute Gasteiger partial charge is 0.369 e. The molecule has 0 aromatic heterocycles. The van der Waals surface area contributed by atoms with E-state index >= 15 is 0 Å². The Bertz CT molecular complexity index is 549. The summed E-state index contributed by atoms with van der Waals surface area (Å²) >= 11 is 0. The molecular formula is C17H24N2. The van der Waals surface area contributed by atoms with Crippen LogP contribution in [0.1, 0.15) is 46.0 Å². The molecule has 1 heterocycles. The second-order valence-corrected chi connectivity index (χ2v) is 5.71. The molecule has 19 heavy (non-hydrogen) atoms. The predicted octanol–water partition coefficient (Wildman–Crippen LogP) is 4.17. The summed E-state index contributed by atoms with van der Waals surface area (Å²) in [5.74, 6) is 0.457. The molecule has 0 bridgehead atoms. The first-order valence-corrected chi connectivity index (χ1v) is 7.37. The Kier molecular flexibility index (Phi) is 2.88. The van der Waals surface area contributed by atoms with E-state index in [2.05, 4.69) is 26.0 Å². The highest BCUT2D eigenvalue weighted by Gasteiger charge is 2.27. The van der Waals surface area contributed by atoms with Crippen molar-refractivity contribution in [2.75, 3.05) is 11.5 Å². The average molecular weight is 258 g/mol. The second kappa shape index (κ2) is 5.28. The van der Waals surface area contributed by atoms with Crippen molar-refractivity contribution in [3.8, 4) is 0 Å². The number of anilines is 1. The van der Waals surface area contributed by atoms with Gasteiger partial charge in [0.1, 0.15) is 0 Å². The standard InChI is InChI=1S/C17H24N2/c1-13-8-6-7-11-16(13)19-12-18-17(14(19)2)15-9-4-3-5-10-15/h6-8,11,15,18H,3-5,9-10,12H2,1-2H3/i12D/hD. The number of nitrogens with one attached hydrogen (secondary N) is 1. The summed E-state index contributed by atoms with van der Waals surface area (Å²) in [5, 5.41) is 1.43. The van der Waals surface area contributed by atoms with Crippen LogP contribution in [0.3, 0.4) is 0 Å². The van der Waals surface area contributed by atoms with E-state index in [4.69, 9.17) is 2.78 Å². The Labute approximate surface area is 119 Å². The van der Waals surface area contributed by atoms with Crippen molar-refractivity contribution >= 4 is 5.69 Å². The minimum atomic E-state index is -0.664. The fourth-order valence-electron chi connectivity index (χ4n) is 3.28. The zero-order valence-electron chi connectivity index (χ0n) is 13.9. The normalized spacial score (nSPS) is 26.7. The second-order valence-electron chi connectivity index (χ2n) is 5.71. The van der Waals surface area contributed by atoms with Crippen LogP contribution >= 0.6 is 0 Å². The summed E-state index contributed by atoms with van der Waals surface area (Å²) in [6.07, 6.45) is 6.14. The van der Waals surface area contributed by atoms with Crippen molar-refractivity contribution in [3.63, 3.8) is 0 Å². The molecule has 1 aromatic carbocycles. The van der Waals surface area contributed by atoms with Crippen molar-refractivity contribution in [3.05, 3.63) is 41.2 Å². The maximum Gasteiger partial charge on any atom is 0.162 e. The summed E-state index contributed by atoms with van der Waals surface area (Å²) < 4.78 is 16.8. The Balaban J connectivity index is 1.98. The number of benzene rings is 1. The molecule has 1 N–H and O–H groups in total. The van der Waals surface area contributed by atoms with Gasteiger partial charge in [-0.2, -0.15) is 0 Å². The van der Waals surface area contributed by atoms with Crippen LogP contribution in [-0.2, 0) is 0 Å². The fraction of sp³-hybridized carbons (Fsp3) is 0.529. The summed E-state index contributed by atoms with van der Waals surface area (Å²) in [5.41, 5.74) is 4.37. The molecule has 2 aliphatic rings. The van der Waals surface area contributed by atoms with Crippen molar-refractivity contribution in [1.29, 1.82) is 0 Å². The lowest BCUT2D eigenvalue weighted by Crippen LogP contribution is -2.24.